The normalized spacial score (nSPS) is 15.6. The van der Waals surface area contributed by atoms with Crippen LogP contribution in [-0.4, -0.2) is 26.5 Å². The minimum Gasteiger partial charge on any atom is -0.305 e. The fourth-order valence-electron chi connectivity index (χ4n) is 4.17. The van der Waals surface area contributed by atoms with Crippen LogP contribution in [0.1, 0.15) is 40.5 Å². The summed E-state index contributed by atoms with van der Waals surface area (Å²) in [6.45, 7) is 3.92. The molecule has 0 N–H and O–H groups in total. The molecule has 3 heterocycles. The summed E-state index contributed by atoms with van der Waals surface area (Å²) in [6.07, 6.45) is -0.682. The van der Waals surface area contributed by atoms with Crippen molar-refractivity contribution in [1.29, 1.82) is 0 Å². The lowest BCUT2D eigenvalue weighted by molar-refractivity contribution is 0.0982. The largest absolute Gasteiger partial charge is 0.305 e. The van der Waals surface area contributed by atoms with E-state index in [-0.39, 0.29) is 28.9 Å². The molecule has 7 heteroatoms. The second kappa shape index (κ2) is 7.27. The molecule has 0 saturated carbocycles. The summed E-state index contributed by atoms with van der Waals surface area (Å²) < 4.78 is 28.8. The molecule has 0 spiro atoms. The van der Waals surface area contributed by atoms with Gasteiger partial charge in [-0.2, -0.15) is 5.10 Å². The first-order chi connectivity index (χ1) is 14.9. The molecule has 0 bridgehead atoms. The van der Waals surface area contributed by atoms with E-state index in [0.717, 1.165) is 27.8 Å². The highest BCUT2D eigenvalue weighted by Crippen LogP contribution is 2.34. The number of carbonyl (C=O) groups is 1. The molecule has 5 rings (SSSR count). The molecule has 1 unspecified atom stereocenters. The SMILES string of the molecule is Cc1ccc(-c2cc(C(F)F)n3ncc(C(=O)N4c5ccccc5CC4C)c3n2)cc1. The predicted octanol–water partition coefficient (Wildman–Crippen LogP) is 5.23. The third-order valence-electron chi connectivity index (χ3n) is 5.73. The number of halogens is 2. The highest BCUT2D eigenvalue weighted by Gasteiger charge is 2.33. The van der Waals surface area contributed by atoms with Crippen LogP contribution in [0.25, 0.3) is 16.9 Å². The van der Waals surface area contributed by atoms with Crippen molar-refractivity contribution >= 4 is 17.2 Å². The Balaban J connectivity index is 1.66. The predicted molar refractivity (Wildman–Crippen MR) is 115 cm³/mol. The number of aryl methyl sites for hydroxylation is 1. The first kappa shape index (κ1) is 19.4. The number of nitrogens with zero attached hydrogens (tertiary/aromatic N) is 4. The summed E-state index contributed by atoms with van der Waals surface area (Å²) in [5.41, 5.74) is 4.11. The molecule has 156 valence electrons. The molecule has 1 atom stereocenters. The number of alkyl halides is 2. The standard InChI is InChI=1S/C24H20F2N4O/c1-14-7-9-16(10-8-14)19-12-21(22(25)26)30-23(28-19)18(13-27-30)24(31)29-15(2)11-17-5-3-4-6-20(17)29/h3-10,12-13,15,22H,11H2,1-2H3. The van der Waals surface area contributed by atoms with Crippen molar-refractivity contribution in [3.8, 4) is 11.3 Å². The fraction of sp³-hybridized carbons (Fsp3) is 0.208. The maximum absolute atomic E-state index is 13.8. The molecule has 0 fully saturated rings. The molecule has 4 aromatic rings. The quantitative estimate of drug-likeness (QED) is 0.458. The van der Waals surface area contributed by atoms with E-state index in [1.165, 1.54) is 12.3 Å². The highest BCUT2D eigenvalue weighted by molar-refractivity contribution is 6.11. The van der Waals surface area contributed by atoms with E-state index in [2.05, 4.69) is 10.1 Å². The van der Waals surface area contributed by atoms with Gasteiger partial charge in [0, 0.05) is 17.3 Å². The van der Waals surface area contributed by atoms with Gasteiger partial charge in [0.05, 0.1) is 11.9 Å². The van der Waals surface area contributed by atoms with E-state index in [1.807, 2.05) is 62.4 Å². The number of hydrogen-bond donors (Lipinski definition) is 0. The average molecular weight is 418 g/mol. The molecule has 2 aromatic carbocycles. The minimum absolute atomic E-state index is 0.0466. The van der Waals surface area contributed by atoms with Crippen LogP contribution in [0.5, 0.6) is 0 Å². The van der Waals surface area contributed by atoms with Crippen molar-refractivity contribution in [1.82, 2.24) is 14.6 Å². The van der Waals surface area contributed by atoms with Gasteiger partial charge in [-0.25, -0.2) is 18.3 Å². The number of amides is 1. The molecule has 1 aliphatic heterocycles. The lowest BCUT2D eigenvalue weighted by Crippen LogP contribution is -2.35. The van der Waals surface area contributed by atoms with Gasteiger partial charge in [0.15, 0.2) is 5.65 Å². The smallest absolute Gasteiger partial charge is 0.280 e. The van der Waals surface area contributed by atoms with Gasteiger partial charge in [-0.3, -0.25) is 4.79 Å². The van der Waals surface area contributed by atoms with Gasteiger partial charge in [0.1, 0.15) is 11.3 Å². The lowest BCUT2D eigenvalue weighted by Gasteiger charge is -2.22. The molecule has 1 amide bonds. The van der Waals surface area contributed by atoms with Gasteiger partial charge in [-0.05, 0) is 38.0 Å². The Hall–Kier alpha value is -3.61. The fourth-order valence-corrected chi connectivity index (χ4v) is 4.17. The molecule has 2 aromatic heterocycles. The van der Waals surface area contributed by atoms with E-state index in [0.29, 0.717) is 11.3 Å². The van der Waals surface area contributed by atoms with E-state index < -0.39 is 6.43 Å². The van der Waals surface area contributed by atoms with Gasteiger partial charge >= 0.3 is 0 Å². The monoisotopic (exact) mass is 418 g/mol. The van der Waals surface area contributed by atoms with Crippen LogP contribution in [0.3, 0.4) is 0 Å². The van der Waals surface area contributed by atoms with Crippen LogP contribution in [-0.2, 0) is 6.42 Å². The number of anilines is 1. The van der Waals surface area contributed by atoms with Crippen molar-refractivity contribution < 1.29 is 13.6 Å². The van der Waals surface area contributed by atoms with Gasteiger partial charge in [0.2, 0.25) is 0 Å². The van der Waals surface area contributed by atoms with Gasteiger partial charge in [-0.15, -0.1) is 0 Å². The zero-order valence-electron chi connectivity index (χ0n) is 17.1. The lowest BCUT2D eigenvalue weighted by atomic mass is 10.1. The number of para-hydroxylation sites is 1. The minimum atomic E-state index is -2.76. The van der Waals surface area contributed by atoms with Crippen molar-refractivity contribution in [2.45, 2.75) is 32.7 Å². The number of aromatic nitrogens is 3. The van der Waals surface area contributed by atoms with Crippen molar-refractivity contribution in [3.63, 3.8) is 0 Å². The second-order valence-electron chi connectivity index (χ2n) is 7.88. The second-order valence-corrected chi connectivity index (χ2v) is 7.88. The number of benzene rings is 2. The third kappa shape index (κ3) is 3.17. The summed E-state index contributed by atoms with van der Waals surface area (Å²) in [6, 6.07) is 16.5. The summed E-state index contributed by atoms with van der Waals surface area (Å²) in [5.74, 6) is -0.291. The molecule has 1 aliphatic rings. The summed E-state index contributed by atoms with van der Waals surface area (Å²) in [5, 5.41) is 4.09. The molecule has 31 heavy (non-hydrogen) atoms. The molecule has 0 saturated heterocycles. The topological polar surface area (TPSA) is 50.5 Å². The van der Waals surface area contributed by atoms with E-state index >= 15 is 0 Å². The zero-order valence-corrected chi connectivity index (χ0v) is 17.1. The Kier molecular flexibility index (Phi) is 4.54. The Morgan fingerprint density at radius 3 is 2.61 bits per heavy atom. The van der Waals surface area contributed by atoms with Gasteiger partial charge in [0.25, 0.3) is 12.3 Å². The molecule has 0 radical (unpaired) electrons. The third-order valence-corrected chi connectivity index (χ3v) is 5.73. The van der Waals surface area contributed by atoms with Crippen LogP contribution >= 0.6 is 0 Å². The van der Waals surface area contributed by atoms with E-state index in [4.69, 9.17) is 0 Å². The van der Waals surface area contributed by atoms with Crippen LogP contribution in [0, 0.1) is 6.92 Å². The number of carbonyl (C=O) groups excluding carboxylic acids is 1. The first-order valence-corrected chi connectivity index (χ1v) is 10.1. The zero-order chi connectivity index (χ0) is 21.7. The van der Waals surface area contributed by atoms with E-state index in [9.17, 15) is 13.6 Å². The Labute approximate surface area is 178 Å². The number of rotatable bonds is 3. The van der Waals surface area contributed by atoms with Crippen molar-refractivity contribution in [2.24, 2.45) is 0 Å². The summed E-state index contributed by atoms with van der Waals surface area (Å²) in [7, 11) is 0. The Bertz CT molecular complexity index is 1300. The van der Waals surface area contributed by atoms with Gasteiger partial charge in [-0.1, -0.05) is 48.0 Å². The van der Waals surface area contributed by atoms with Crippen molar-refractivity contribution in [3.05, 3.63) is 83.2 Å². The molecule has 0 aliphatic carbocycles. The maximum Gasteiger partial charge on any atom is 0.280 e. The number of fused-ring (bicyclic) bond motifs is 2. The molecule has 5 nitrogen and oxygen atoms in total. The Morgan fingerprint density at radius 2 is 1.87 bits per heavy atom. The van der Waals surface area contributed by atoms with Crippen molar-refractivity contribution in [2.75, 3.05) is 4.90 Å². The van der Waals surface area contributed by atoms with Crippen LogP contribution in [0.4, 0.5) is 14.5 Å². The number of hydrogen-bond acceptors (Lipinski definition) is 3. The van der Waals surface area contributed by atoms with Crippen LogP contribution in [0.15, 0.2) is 60.8 Å². The molecular formula is C24H20F2N4O. The summed E-state index contributed by atoms with van der Waals surface area (Å²) >= 11 is 0. The highest BCUT2D eigenvalue weighted by atomic mass is 19.3. The van der Waals surface area contributed by atoms with Gasteiger partial charge < -0.3 is 4.90 Å². The van der Waals surface area contributed by atoms with Crippen LogP contribution in [0.2, 0.25) is 0 Å². The maximum atomic E-state index is 13.8. The van der Waals surface area contributed by atoms with Crippen LogP contribution < -0.4 is 4.90 Å². The Morgan fingerprint density at radius 1 is 1.13 bits per heavy atom. The first-order valence-electron chi connectivity index (χ1n) is 10.1. The molecular weight excluding hydrogens is 398 g/mol. The van der Waals surface area contributed by atoms with E-state index in [1.54, 1.807) is 4.90 Å². The average Bonchev–Trinajstić information content (AvgIpc) is 3.33. The summed E-state index contributed by atoms with van der Waals surface area (Å²) in [4.78, 5) is 19.8.